The number of carbonyl (C=O) groups excluding carboxylic acids is 2. The van der Waals surface area contributed by atoms with Gasteiger partial charge in [0, 0.05) is 18.7 Å². The Morgan fingerprint density at radius 3 is 2.57 bits per heavy atom. The summed E-state index contributed by atoms with van der Waals surface area (Å²) in [6, 6.07) is 14.3. The summed E-state index contributed by atoms with van der Waals surface area (Å²) in [5.41, 5.74) is 1.25. The lowest BCUT2D eigenvalue weighted by molar-refractivity contribution is -0.122. The molecule has 0 aromatic heterocycles. The molecule has 0 spiro atoms. The first-order chi connectivity index (χ1) is 11.1. The van der Waals surface area contributed by atoms with Gasteiger partial charge in [-0.25, -0.2) is 0 Å². The summed E-state index contributed by atoms with van der Waals surface area (Å²) in [7, 11) is 0. The minimum Gasteiger partial charge on any atom is -0.326 e. The minimum absolute atomic E-state index is 0.137. The highest BCUT2D eigenvalue weighted by Gasteiger charge is 2.36. The van der Waals surface area contributed by atoms with Crippen LogP contribution in [0.4, 0.5) is 11.4 Å². The van der Waals surface area contributed by atoms with E-state index < -0.39 is 5.92 Å². The molecule has 1 saturated heterocycles. The van der Waals surface area contributed by atoms with Crippen molar-refractivity contribution in [2.75, 3.05) is 16.8 Å². The molecule has 2 amide bonds. The Morgan fingerprint density at radius 1 is 1.09 bits per heavy atom. The van der Waals surface area contributed by atoms with Crippen LogP contribution in [0.25, 0.3) is 0 Å². The van der Waals surface area contributed by atoms with Gasteiger partial charge in [-0.1, -0.05) is 47.5 Å². The average Bonchev–Trinajstić information content (AvgIpc) is 2.93. The van der Waals surface area contributed by atoms with Crippen LogP contribution in [0.3, 0.4) is 0 Å². The number of halogens is 2. The van der Waals surface area contributed by atoms with Crippen LogP contribution in [-0.2, 0) is 9.59 Å². The minimum atomic E-state index is -0.419. The first-order valence-electron chi connectivity index (χ1n) is 7.16. The van der Waals surface area contributed by atoms with Crippen molar-refractivity contribution in [3.63, 3.8) is 0 Å². The molecule has 0 bridgehead atoms. The molecule has 1 fully saturated rings. The molecule has 3 rings (SSSR count). The van der Waals surface area contributed by atoms with E-state index in [4.69, 9.17) is 23.2 Å². The second-order valence-corrected chi connectivity index (χ2v) is 6.12. The lowest BCUT2D eigenvalue weighted by atomic mass is 10.1. The number of rotatable bonds is 3. The van der Waals surface area contributed by atoms with Gasteiger partial charge in [-0.3, -0.25) is 9.59 Å². The van der Waals surface area contributed by atoms with Crippen LogP contribution in [0, 0.1) is 5.92 Å². The Balaban J connectivity index is 1.75. The van der Waals surface area contributed by atoms with Crippen LogP contribution in [0.1, 0.15) is 6.42 Å². The van der Waals surface area contributed by atoms with E-state index in [1.165, 1.54) is 4.90 Å². The largest absolute Gasteiger partial charge is 0.326 e. The van der Waals surface area contributed by atoms with E-state index in [1.807, 2.05) is 18.2 Å². The lowest BCUT2D eigenvalue weighted by Gasteiger charge is -2.18. The maximum absolute atomic E-state index is 12.3. The van der Waals surface area contributed by atoms with Crippen molar-refractivity contribution >= 4 is 46.4 Å². The highest BCUT2D eigenvalue weighted by atomic mass is 35.5. The second-order valence-electron chi connectivity index (χ2n) is 5.33. The molecule has 1 aliphatic rings. The molecular formula is C17H14Cl2N2O2. The van der Waals surface area contributed by atoms with Crippen LogP contribution < -0.4 is 10.2 Å². The van der Waals surface area contributed by atoms with Gasteiger partial charge in [-0.2, -0.15) is 0 Å². The molecule has 23 heavy (non-hydrogen) atoms. The number of amides is 2. The summed E-state index contributed by atoms with van der Waals surface area (Å²) in [6.45, 7) is 0.289. The quantitative estimate of drug-likeness (QED) is 0.911. The Labute approximate surface area is 144 Å². The maximum Gasteiger partial charge on any atom is 0.229 e. The van der Waals surface area contributed by atoms with Gasteiger partial charge in [0.1, 0.15) is 0 Å². The maximum atomic E-state index is 12.3. The van der Waals surface area contributed by atoms with Crippen molar-refractivity contribution in [3.05, 3.63) is 58.6 Å². The van der Waals surface area contributed by atoms with Gasteiger partial charge in [-0.05, 0) is 24.3 Å². The van der Waals surface area contributed by atoms with Crippen molar-refractivity contribution in [2.24, 2.45) is 5.92 Å². The lowest BCUT2D eigenvalue weighted by Crippen LogP contribution is -2.28. The Bertz CT molecular complexity index is 750. The highest BCUT2D eigenvalue weighted by Crippen LogP contribution is 2.35. The topological polar surface area (TPSA) is 49.4 Å². The predicted octanol–water partition coefficient (Wildman–Crippen LogP) is 3.99. The number of nitrogens with zero attached hydrogens (tertiary/aromatic N) is 1. The summed E-state index contributed by atoms with van der Waals surface area (Å²) in [4.78, 5) is 26.1. The van der Waals surface area contributed by atoms with Gasteiger partial charge in [-0.15, -0.1) is 0 Å². The van der Waals surface area contributed by atoms with Crippen LogP contribution in [0.15, 0.2) is 48.5 Å². The van der Waals surface area contributed by atoms with Crippen molar-refractivity contribution in [1.82, 2.24) is 0 Å². The summed E-state index contributed by atoms with van der Waals surface area (Å²) < 4.78 is 0. The average molecular weight is 349 g/mol. The molecule has 0 radical (unpaired) electrons. The van der Waals surface area contributed by atoms with Crippen LogP contribution in [-0.4, -0.2) is 18.4 Å². The number of carbonyl (C=O) groups is 2. The van der Waals surface area contributed by atoms with Crippen molar-refractivity contribution in [2.45, 2.75) is 6.42 Å². The van der Waals surface area contributed by atoms with Gasteiger partial charge in [0.15, 0.2) is 0 Å². The number of benzene rings is 2. The molecule has 2 aromatic rings. The van der Waals surface area contributed by atoms with Gasteiger partial charge < -0.3 is 10.2 Å². The smallest absolute Gasteiger partial charge is 0.229 e. The third kappa shape index (κ3) is 3.33. The van der Waals surface area contributed by atoms with Gasteiger partial charge in [0.2, 0.25) is 11.8 Å². The van der Waals surface area contributed by atoms with E-state index in [0.717, 1.165) is 0 Å². The third-order valence-corrected chi connectivity index (χ3v) is 4.57. The Kier molecular flexibility index (Phi) is 4.55. The SMILES string of the molecule is O=C(Nc1ccccc1)[C@@H]1CC(=O)N(c2cccc(Cl)c2Cl)C1. The van der Waals surface area contributed by atoms with E-state index in [0.29, 0.717) is 21.4 Å². The van der Waals surface area contributed by atoms with Gasteiger partial charge >= 0.3 is 0 Å². The molecule has 0 aliphatic carbocycles. The van der Waals surface area contributed by atoms with E-state index in [9.17, 15) is 9.59 Å². The molecular weight excluding hydrogens is 335 g/mol. The molecule has 0 unspecified atom stereocenters. The molecule has 1 heterocycles. The van der Waals surface area contributed by atoms with Crippen LogP contribution in [0.2, 0.25) is 10.0 Å². The fourth-order valence-electron chi connectivity index (χ4n) is 2.58. The first-order valence-corrected chi connectivity index (χ1v) is 7.92. The predicted molar refractivity (Wildman–Crippen MR) is 92.0 cm³/mol. The number of hydrogen-bond donors (Lipinski definition) is 1. The monoisotopic (exact) mass is 348 g/mol. The van der Waals surface area contributed by atoms with E-state index in [-0.39, 0.29) is 24.8 Å². The molecule has 1 atom stereocenters. The fourth-order valence-corrected chi connectivity index (χ4v) is 2.98. The van der Waals surface area contributed by atoms with Crippen LogP contribution >= 0.6 is 23.2 Å². The summed E-state index contributed by atoms with van der Waals surface area (Å²) in [5, 5.41) is 3.53. The molecule has 1 aliphatic heterocycles. The zero-order valence-corrected chi connectivity index (χ0v) is 13.6. The van der Waals surface area contributed by atoms with Gasteiger partial charge in [0.25, 0.3) is 0 Å². The zero-order chi connectivity index (χ0) is 16.4. The number of hydrogen-bond acceptors (Lipinski definition) is 2. The van der Waals surface area contributed by atoms with Crippen molar-refractivity contribution < 1.29 is 9.59 Å². The summed E-state index contributed by atoms with van der Waals surface area (Å²) in [6.07, 6.45) is 0.154. The number of para-hydroxylation sites is 1. The standard InChI is InChI=1S/C17H14Cl2N2O2/c18-13-7-4-8-14(16(13)19)21-10-11(9-15(21)22)17(23)20-12-5-2-1-3-6-12/h1-8,11H,9-10H2,(H,20,23)/t11-/m1/s1. The Hall–Kier alpha value is -2.04. The number of anilines is 2. The number of nitrogens with one attached hydrogen (secondary N) is 1. The fraction of sp³-hybridized carbons (Fsp3) is 0.176. The van der Waals surface area contributed by atoms with E-state index in [1.54, 1.807) is 30.3 Å². The first kappa shape index (κ1) is 15.8. The van der Waals surface area contributed by atoms with Crippen LogP contribution in [0.5, 0.6) is 0 Å². The van der Waals surface area contributed by atoms with Crippen molar-refractivity contribution in [1.29, 1.82) is 0 Å². The molecule has 2 aromatic carbocycles. The molecule has 4 nitrogen and oxygen atoms in total. The summed E-state index contributed by atoms with van der Waals surface area (Å²) >= 11 is 12.2. The van der Waals surface area contributed by atoms with Gasteiger partial charge in [0.05, 0.1) is 21.7 Å². The van der Waals surface area contributed by atoms with E-state index >= 15 is 0 Å². The molecule has 1 N–H and O–H groups in total. The third-order valence-electron chi connectivity index (χ3n) is 3.76. The normalized spacial score (nSPS) is 17.4. The Morgan fingerprint density at radius 2 is 1.83 bits per heavy atom. The molecule has 0 saturated carbocycles. The second kappa shape index (κ2) is 6.60. The highest BCUT2D eigenvalue weighted by molar-refractivity contribution is 6.44. The molecule has 118 valence electrons. The van der Waals surface area contributed by atoms with Crippen molar-refractivity contribution in [3.8, 4) is 0 Å². The van der Waals surface area contributed by atoms with E-state index in [2.05, 4.69) is 5.32 Å². The molecule has 6 heteroatoms. The zero-order valence-electron chi connectivity index (χ0n) is 12.1. The summed E-state index contributed by atoms with van der Waals surface area (Å²) in [5.74, 6) is -0.731.